The molecule has 2 saturated heterocycles. The van der Waals surface area contributed by atoms with Gasteiger partial charge >= 0.3 is 0 Å². The number of hydrogen-bond donors (Lipinski definition) is 2. The van der Waals surface area contributed by atoms with E-state index in [0.717, 1.165) is 25.0 Å². The summed E-state index contributed by atoms with van der Waals surface area (Å²) in [5, 5.41) is 7.07. The van der Waals surface area contributed by atoms with E-state index in [1.807, 2.05) is 7.05 Å². The predicted octanol–water partition coefficient (Wildman–Crippen LogP) is 2.54. The van der Waals surface area contributed by atoms with Gasteiger partial charge in [0, 0.05) is 25.7 Å². The van der Waals surface area contributed by atoms with Crippen LogP contribution in [0, 0.1) is 5.92 Å². The summed E-state index contributed by atoms with van der Waals surface area (Å²) < 4.78 is 0. The van der Waals surface area contributed by atoms with Gasteiger partial charge in [-0.15, -0.1) is 0 Å². The summed E-state index contributed by atoms with van der Waals surface area (Å²) in [6.07, 6.45) is 8.03. The van der Waals surface area contributed by atoms with E-state index in [-0.39, 0.29) is 5.54 Å². The van der Waals surface area contributed by atoms with Gasteiger partial charge in [-0.3, -0.25) is 9.89 Å². The second kappa shape index (κ2) is 10.4. The second-order valence-electron chi connectivity index (χ2n) is 8.38. The summed E-state index contributed by atoms with van der Waals surface area (Å²) in [4.78, 5) is 9.60. The maximum absolute atomic E-state index is 4.41. The van der Waals surface area contributed by atoms with Crippen LogP contribution in [0.2, 0.25) is 0 Å². The van der Waals surface area contributed by atoms with E-state index in [9.17, 15) is 0 Å². The first-order valence-corrected chi connectivity index (χ1v) is 10.5. The van der Waals surface area contributed by atoms with E-state index < -0.39 is 0 Å². The lowest BCUT2D eigenvalue weighted by molar-refractivity contribution is 0.0982. The van der Waals surface area contributed by atoms with Crippen LogP contribution in [0.4, 0.5) is 0 Å². The van der Waals surface area contributed by atoms with E-state index in [1.54, 1.807) is 0 Å². The van der Waals surface area contributed by atoms with Gasteiger partial charge in [-0.1, -0.05) is 13.3 Å². The summed E-state index contributed by atoms with van der Waals surface area (Å²) in [6, 6.07) is 0. The number of rotatable bonds is 7. The van der Waals surface area contributed by atoms with Crippen molar-refractivity contribution < 1.29 is 0 Å². The molecule has 0 radical (unpaired) electrons. The minimum Gasteiger partial charge on any atom is -0.356 e. The molecular formula is C20H41N5. The lowest BCUT2D eigenvalue weighted by atomic mass is 9.93. The average molecular weight is 352 g/mol. The van der Waals surface area contributed by atoms with Crippen LogP contribution in [-0.2, 0) is 0 Å². The van der Waals surface area contributed by atoms with Crippen molar-refractivity contribution in [2.45, 2.75) is 64.8 Å². The Morgan fingerprint density at radius 1 is 1.04 bits per heavy atom. The van der Waals surface area contributed by atoms with Gasteiger partial charge in [0.25, 0.3) is 0 Å². The van der Waals surface area contributed by atoms with Crippen molar-refractivity contribution in [3.63, 3.8) is 0 Å². The van der Waals surface area contributed by atoms with Crippen LogP contribution < -0.4 is 10.6 Å². The Labute approximate surface area is 155 Å². The average Bonchev–Trinajstić information content (AvgIpc) is 2.65. The standard InChI is InChI=1S/C20H41N5/c1-5-24-15-10-18(11-16-24)9-12-22-19(21-4)23-17-20(2,3)25-13-7-6-8-14-25/h18H,5-17H2,1-4H3,(H2,21,22,23). The smallest absolute Gasteiger partial charge is 0.191 e. The third-order valence-electron chi connectivity index (χ3n) is 6.12. The topological polar surface area (TPSA) is 42.9 Å². The maximum Gasteiger partial charge on any atom is 0.191 e. The highest BCUT2D eigenvalue weighted by molar-refractivity contribution is 5.79. The highest BCUT2D eigenvalue weighted by Gasteiger charge is 2.27. The molecule has 0 unspecified atom stereocenters. The number of aliphatic imine (C=N–C) groups is 1. The Hall–Kier alpha value is -0.810. The van der Waals surface area contributed by atoms with Gasteiger partial charge < -0.3 is 15.5 Å². The van der Waals surface area contributed by atoms with Crippen molar-refractivity contribution in [2.75, 3.05) is 52.9 Å². The lowest BCUT2D eigenvalue weighted by Crippen LogP contribution is -2.55. The van der Waals surface area contributed by atoms with E-state index in [4.69, 9.17) is 0 Å². The monoisotopic (exact) mass is 351 g/mol. The molecule has 146 valence electrons. The molecule has 0 aromatic rings. The zero-order valence-corrected chi connectivity index (χ0v) is 17.1. The quantitative estimate of drug-likeness (QED) is 0.546. The summed E-state index contributed by atoms with van der Waals surface area (Å²) >= 11 is 0. The minimum atomic E-state index is 0.186. The van der Waals surface area contributed by atoms with Gasteiger partial charge in [-0.05, 0) is 84.6 Å². The molecule has 2 rings (SSSR count). The van der Waals surface area contributed by atoms with Crippen LogP contribution in [0.1, 0.15) is 59.3 Å². The molecule has 2 aliphatic rings. The number of nitrogens with zero attached hydrogens (tertiary/aromatic N) is 3. The molecule has 0 atom stereocenters. The SMILES string of the molecule is CCN1CCC(CCNC(=NC)NCC(C)(C)N2CCCCC2)CC1. The van der Waals surface area contributed by atoms with Crippen molar-refractivity contribution >= 4 is 5.96 Å². The molecule has 0 aromatic heterocycles. The highest BCUT2D eigenvalue weighted by atomic mass is 15.2. The predicted molar refractivity (Wildman–Crippen MR) is 108 cm³/mol. The first kappa shape index (κ1) is 20.5. The van der Waals surface area contributed by atoms with Crippen LogP contribution in [0.15, 0.2) is 4.99 Å². The fourth-order valence-corrected chi connectivity index (χ4v) is 4.12. The number of piperidine rings is 2. The van der Waals surface area contributed by atoms with Gasteiger partial charge in [0.15, 0.2) is 5.96 Å². The number of likely N-dealkylation sites (tertiary alicyclic amines) is 2. The first-order valence-electron chi connectivity index (χ1n) is 10.5. The van der Waals surface area contributed by atoms with E-state index >= 15 is 0 Å². The minimum absolute atomic E-state index is 0.186. The second-order valence-corrected chi connectivity index (χ2v) is 8.38. The van der Waals surface area contributed by atoms with Gasteiger partial charge in [0.1, 0.15) is 0 Å². The number of nitrogens with one attached hydrogen (secondary N) is 2. The molecule has 0 amide bonds. The van der Waals surface area contributed by atoms with Crippen LogP contribution in [0.5, 0.6) is 0 Å². The van der Waals surface area contributed by atoms with Crippen molar-refractivity contribution in [3.05, 3.63) is 0 Å². The molecule has 5 heteroatoms. The molecule has 2 heterocycles. The Morgan fingerprint density at radius 3 is 2.32 bits per heavy atom. The van der Waals surface area contributed by atoms with E-state index in [0.29, 0.717) is 0 Å². The van der Waals surface area contributed by atoms with Crippen LogP contribution in [-0.4, -0.2) is 74.2 Å². The molecule has 2 aliphatic heterocycles. The molecule has 0 saturated carbocycles. The molecule has 2 fully saturated rings. The van der Waals surface area contributed by atoms with Crippen molar-refractivity contribution in [3.8, 4) is 0 Å². The number of hydrogen-bond acceptors (Lipinski definition) is 3. The zero-order valence-electron chi connectivity index (χ0n) is 17.1. The summed E-state index contributed by atoms with van der Waals surface area (Å²) in [5.41, 5.74) is 0.186. The first-order chi connectivity index (χ1) is 12.0. The Balaban J connectivity index is 1.65. The molecule has 0 bridgehead atoms. The summed E-state index contributed by atoms with van der Waals surface area (Å²) in [5.74, 6) is 1.83. The molecular weight excluding hydrogens is 310 g/mol. The largest absolute Gasteiger partial charge is 0.356 e. The zero-order chi connectivity index (χ0) is 18.1. The van der Waals surface area contributed by atoms with Crippen molar-refractivity contribution in [1.82, 2.24) is 20.4 Å². The molecule has 0 aliphatic carbocycles. The van der Waals surface area contributed by atoms with Crippen LogP contribution in [0.3, 0.4) is 0 Å². The molecule has 5 nitrogen and oxygen atoms in total. The lowest BCUT2D eigenvalue weighted by Gasteiger charge is -2.41. The third-order valence-corrected chi connectivity index (χ3v) is 6.12. The van der Waals surface area contributed by atoms with Crippen LogP contribution >= 0.6 is 0 Å². The Kier molecular flexibility index (Phi) is 8.50. The molecule has 2 N–H and O–H groups in total. The summed E-state index contributed by atoms with van der Waals surface area (Å²) in [7, 11) is 1.88. The van der Waals surface area contributed by atoms with Crippen LogP contribution in [0.25, 0.3) is 0 Å². The highest BCUT2D eigenvalue weighted by Crippen LogP contribution is 2.20. The van der Waals surface area contributed by atoms with E-state index in [1.165, 1.54) is 71.2 Å². The van der Waals surface area contributed by atoms with Gasteiger partial charge in [-0.25, -0.2) is 0 Å². The Bertz CT molecular complexity index is 393. The van der Waals surface area contributed by atoms with Crippen molar-refractivity contribution in [2.24, 2.45) is 10.9 Å². The molecule has 0 aromatic carbocycles. The fraction of sp³-hybridized carbons (Fsp3) is 0.950. The van der Waals surface area contributed by atoms with E-state index in [2.05, 4.69) is 46.2 Å². The van der Waals surface area contributed by atoms with Gasteiger partial charge in [-0.2, -0.15) is 0 Å². The van der Waals surface area contributed by atoms with Gasteiger partial charge in [0.05, 0.1) is 0 Å². The van der Waals surface area contributed by atoms with Crippen molar-refractivity contribution in [1.29, 1.82) is 0 Å². The normalized spacial score (nSPS) is 22.2. The Morgan fingerprint density at radius 2 is 1.72 bits per heavy atom. The van der Waals surface area contributed by atoms with Gasteiger partial charge in [0.2, 0.25) is 0 Å². The fourth-order valence-electron chi connectivity index (χ4n) is 4.12. The number of guanidine groups is 1. The summed E-state index contributed by atoms with van der Waals surface area (Å²) in [6.45, 7) is 15.2. The third kappa shape index (κ3) is 6.78. The molecule has 0 spiro atoms. The molecule has 25 heavy (non-hydrogen) atoms. The maximum atomic E-state index is 4.41.